The Hall–Kier alpha value is -1.24. The first kappa shape index (κ1) is 9.32. The van der Waals surface area contributed by atoms with Crippen molar-refractivity contribution in [3.63, 3.8) is 0 Å². The van der Waals surface area contributed by atoms with E-state index in [0.717, 1.165) is 0 Å². The Balaban J connectivity index is 2.62. The Morgan fingerprint density at radius 3 is 3.07 bits per heavy atom. The molecule has 14 heavy (non-hydrogen) atoms. The molecule has 0 aliphatic carbocycles. The fourth-order valence-electron chi connectivity index (χ4n) is 1.13. The normalized spacial score (nSPS) is 13.4. The minimum absolute atomic E-state index is 0.211. The molecular formula is C7H8ClN5O. The summed E-state index contributed by atoms with van der Waals surface area (Å²) in [6.07, 6.45) is 3.13. The van der Waals surface area contributed by atoms with Crippen molar-refractivity contribution < 1.29 is 5.11 Å². The number of aliphatic hydroxyl groups excluding tert-OH is 1. The van der Waals surface area contributed by atoms with Crippen LogP contribution in [0.25, 0.3) is 5.78 Å². The maximum Gasteiger partial charge on any atom is 0.255 e. The van der Waals surface area contributed by atoms with Gasteiger partial charge in [-0.3, -0.25) is 4.40 Å². The fourth-order valence-corrected chi connectivity index (χ4v) is 1.44. The van der Waals surface area contributed by atoms with Crippen LogP contribution in [0.5, 0.6) is 0 Å². The summed E-state index contributed by atoms with van der Waals surface area (Å²) >= 11 is 5.97. The Bertz CT molecular complexity index is 456. The molecule has 0 aromatic carbocycles. The van der Waals surface area contributed by atoms with Crippen LogP contribution in [0, 0.1) is 0 Å². The smallest absolute Gasteiger partial charge is 0.255 e. The van der Waals surface area contributed by atoms with E-state index in [1.807, 2.05) is 0 Å². The highest BCUT2D eigenvalue weighted by Crippen LogP contribution is 2.20. The SMILES string of the molecule is NC(CO)c1nc2nnccn2c1Cl. The first-order valence-corrected chi connectivity index (χ1v) is 4.33. The second-order valence-electron chi connectivity index (χ2n) is 2.76. The van der Waals surface area contributed by atoms with Gasteiger partial charge in [-0.05, 0) is 0 Å². The zero-order valence-electron chi connectivity index (χ0n) is 7.13. The largest absolute Gasteiger partial charge is 0.394 e. The van der Waals surface area contributed by atoms with E-state index >= 15 is 0 Å². The molecule has 0 saturated carbocycles. The second kappa shape index (κ2) is 3.49. The fraction of sp³-hybridized carbons (Fsp3) is 0.286. The van der Waals surface area contributed by atoms with E-state index in [1.54, 1.807) is 10.6 Å². The Morgan fingerprint density at radius 2 is 2.43 bits per heavy atom. The van der Waals surface area contributed by atoms with Crippen molar-refractivity contribution in [1.82, 2.24) is 19.6 Å². The van der Waals surface area contributed by atoms with Gasteiger partial charge in [0.1, 0.15) is 5.15 Å². The average Bonchev–Trinajstić information content (AvgIpc) is 2.56. The lowest BCUT2D eigenvalue weighted by molar-refractivity contribution is 0.266. The van der Waals surface area contributed by atoms with Crippen LogP contribution in [0.2, 0.25) is 5.15 Å². The summed E-state index contributed by atoms with van der Waals surface area (Å²) in [6.45, 7) is -0.211. The highest BCUT2D eigenvalue weighted by atomic mass is 35.5. The van der Waals surface area contributed by atoms with E-state index in [1.165, 1.54) is 6.20 Å². The molecule has 6 nitrogen and oxygen atoms in total. The quantitative estimate of drug-likeness (QED) is 0.719. The summed E-state index contributed by atoms with van der Waals surface area (Å²) < 4.78 is 1.55. The summed E-state index contributed by atoms with van der Waals surface area (Å²) in [5.41, 5.74) is 6.03. The molecule has 7 heteroatoms. The predicted octanol–water partition coefficient (Wildman–Crippen LogP) is -0.230. The number of fused-ring (bicyclic) bond motifs is 1. The summed E-state index contributed by atoms with van der Waals surface area (Å²) in [7, 11) is 0. The van der Waals surface area contributed by atoms with Crippen molar-refractivity contribution in [2.75, 3.05) is 6.61 Å². The summed E-state index contributed by atoms with van der Waals surface area (Å²) in [4.78, 5) is 4.06. The third kappa shape index (κ3) is 1.33. The van der Waals surface area contributed by atoms with E-state index in [-0.39, 0.29) is 6.61 Å². The molecule has 1 atom stereocenters. The van der Waals surface area contributed by atoms with Gasteiger partial charge >= 0.3 is 0 Å². The van der Waals surface area contributed by atoms with E-state index in [2.05, 4.69) is 15.2 Å². The second-order valence-corrected chi connectivity index (χ2v) is 3.12. The minimum atomic E-state index is -0.593. The molecule has 3 N–H and O–H groups in total. The number of nitrogens with zero attached hydrogens (tertiary/aromatic N) is 4. The lowest BCUT2D eigenvalue weighted by Gasteiger charge is -2.03. The van der Waals surface area contributed by atoms with Crippen LogP contribution in [-0.2, 0) is 0 Å². The zero-order chi connectivity index (χ0) is 10.1. The first-order chi connectivity index (χ1) is 6.74. The maximum atomic E-state index is 8.87. The highest BCUT2D eigenvalue weighted by Gasteiger charge is 2.16. The van der Waals surface area contributed by atoms with Crippen LogP contribution in [0.4, 0.5) is 0 Å². The number of imidazole rings is 1. The standard InChI is InChI=1S/C7H8ClN5O/c8-6-5(4(9)3-14)11-7-12-10-1-2-13(6)7/h1-2,4,14H,3,9H2. The van der Waals surface area contributed by atoms with Crippen molar-refractivity contribution in [3.8, 4) is 0 Å². The molecule has 0 bridgehead atoms. The van der Waals surface area contributed by atoms with Gasteiger partial charge in [-0.1, -0.05) is 11.6 Å². The first-order valence-electron chi connectivity index (χ1n) is 3.95. The van der Waals surface area contributed by atoms with Crippen molar-refractivity contribution in [1.29, 1.82) is 0 Å². The van der Waals surface area contributed by atoms with Crippen molar-refractivity contribution in [2.45, 2.75) is 6.04 Å². The highest BCUT2D eigenvalue weighted by molar-refractivity contribution is 6.30. The number of rotatable bonds is 2. The van der Waals surface area contributed by atoms with Gasteiger partial charge < -0.3 is 10.8 Å². The molecule has 0 saturated heterocycles. The molecule has 1 unspecified atom stereocenters. The third-order valence-corrected chi connectivity index (χ3v) is 2.21. The van der Waals surface area contributed by atoms with Crippen LogP contribution in [0.15, 0.2) is 12.4 Å². The van der Waals surface area contributed by atoms with Gasteiger partial charge in [-0.15, -0.1) is 5.10 Å². The van der Waals surface area contributed by atoms with Gasteiger partial charge in [-0.2, -0.15) is 5.10 Å². The molecule has 0 amide bonds. The van der Waals surface area contributed by atoms with Crippen LogP contribution in [0.1, 0.15) is 11.7 Å². The summed E-state index contributed by atoms with van der Waals surface area (Å²) in [5, 5.41) is 16.6. The van der Waals surface area contributed by atoms with Gasteiger partial charge in [0.25, 0.3) is 5.78 Å². The van der Waals surface area contributed by atoms with E-state index in [4.69, 9.17) is 22.4 Å². The number of aromatic nitrogens is 4. The minimum Gasteiger partial charge on any atom is -0.394 e. The van der Waals surface area contributed by atoms with Crippen LogP contribution >= 0.6 is 11.6 Å². The van der Waals surface area contributed by atoms with Crippen molar-refractivity contribution in [2.24, 2.45) is 5.73 Å². The van der Waals surface area contributed by atoms with E-state index in [0.29, 0.717) is 16.6 Å². The van der Waals surface area contributed by atoms with Gasteiger partial charge in [0.2, 0.25) is 0 Å². The number of halogens is 1. The third-order valence-electron chi connectivity index (χ3n) is 1.84. The van der Waals surface area contributed by atoms with Crippen molar-refractivity contribution in [3.05, 3.63) is 23.2 Å². The maximum absolute atomic E-state index is 8.87. The van der Waals surface area contributed by atoms with Gasteiger partial charge in [-0.25, -0.2) is 4.98 Å². The molecule has 0 aliphatic rings. The molecule has 2 heterocycles. The van der Waals surface area contributed by atoms with Gasteiger partial charge in [0.15, 0.2) is 0 Å². The van der Waals surface area contributed by atoms with Gasteiger partial charge in [0, 0.05) is 6.20 Å². The van der Waals surface area contributed by atoms with Crippen LogP contribution < -0.4 is 5.73 Å². The molecule has 2 rings (SSSR count). The van der Waals surface area contributed by atoms with Gasteiger partial charge in [0.05, 0.1) is 24.5 Å². The molecule has 2 aromatic rings. The van der Waals surface area contributed by atoms with Crippen LogP contribution in [-0.4, -0.2) is 31.3 Å². The van der Waals surface area contributed by atoms with E-state index in [9.17, 15) is 0 Å². The lowest BCUT2D eigenvalue weighted by atomic mass is 10.2. The Morgan fingerprint density at radius 1 is 1.64 bits per heavy atom. The summed E-state index contributed by atoms with van der Waals surface area (Å²) in [5.74, 6) is 0.372. The molecule has 74 valence electrons. The molecule has 2 aromatic heterocycles. The lowest BCUT2D eigenvalue weighted by Crippen LogP contribution is -2.15. The van der Waals surface area contributed by atoms with Crippen molar-refractivity contribution >= 4 is 17.4 Å². The molecule has 0 aliphatic heterocycles. The number of aliphatic hydroxyl groups is 1. The number of hydrogen-bond donors (Lipinski definition) is 2. The Kier molecular flexibility index (Phi) is 2.32. The topological polar surface area (TPSA) is 89.3 Å². The van der Waals surface area contributed by atoms with E-state index < -0.39 is 6.04 Å². The Labute approximate surface area is 84.3 Å². The van der Waals surface area contributed by atoms with Crippen LogP contribution in [0.3, 0.4) is 0 Å². The molecular weight excluding hydrogens is 206 g/mol. The predicted molar refractivity (Wildman–Crippen MR) is 49.8 cm³/mol. The number of hydrogen-bond acceptors (Lipinski definition) is 5. The summed E-state index contributed by atoms with van der Waals surface area (Å²) in [6, 6.07) is -0.593. The number of nitrogens with two attached hydrogens (primary N) is 1. The monoisotopic (exact) mass is 213 g/mol. The molecule has 0 fully saturated rings. The zero-order valence-corrected chi connectivity index (χ0v) is 7.89. The average molecular weight is 214 g/mol. The molecule has 0 spiro atoms. The molecule has 0 radical (unpaired) electrons.